The van der Waals surface area contributed by atoms with E-state index in [2.05, 4.69) is 15.3 Å². The summed E-state index contributed by atoms with van der Waals surface area (Å²) >= 11 is 0. The lowest BCUT2D eigenvalue weighted by atomic mass is 9.98. The van der Waals surface area contributed by atoms with Gasteiger partial charge in [-0.05, 0) is 44.0 Å². The van der Waals surface area contributed by atoms with Crippen LogP contribution in [0.1, 0.15) is 34.0 Å². The quantitative estimate of drug-likeness (QED) is 0.836. The second-order valence-corrected chi connectivity index (χ2v) is 6.45. The number of aryl methyl sites for hydroxylation is 2. The number of hydrogen-bond donors (Lipinski definition) is 2. The Bertz CT molecular complexity index is 812. The topological polar surface area (TPSA) is 87.3 Å². The molecule has 1 atom stereocenters. The number of amides is 2. The molecular weight excluding hydrogens is 320 g/mol. The molecule has 1 aromatic carbocycles. The summed E-state index contributed by atoms with van der Waals surface area (Å²) in [5.74, 6) is 0.570. The molecule has 2 aliphatic rings. The second kappa shape index (κ2) is 6.23. The molecule has 1 aromatic heterocycles. The van der Waals surface area contributed by atoms with Gasteiger partial charge >= 0.3 is 12.0 Å². The maximum atomic E-state index is 12.4. The fourth-order valence-electron chi connectivity index (χ4n) is 3.41. The van der Waals surface area contributed by atoms with Gasteiger partial charge in [-0.3, -0.25) is 4.90 Å². The Balaban J connectivity index is 1.40. The number of urea groups is 1. The average molecular weight is 340 g/mol. The smallest absolute Gasteiger partial charge is 0.338 e. The summed E-state index contributed by atoms with van der Waals surface area (Å²) < 4.78 is 5.65. The van der Waals surface area contributed by atoms with E-state index in [0.717, 1.165) is 35.7 Å². The minimum atomic E-state index is -0.331. The molecule has 0 radical (unpaired) electrons. The summed E-state index contributed by atoms with van der Waals surface area (Å²) in [6.07, 6.45) is 2.15. The first-order valence-electron chi connectivity index (χ1n) is 8.51. The molecule has 1 fully saturated rings. The summed E-state index contributed by atoms with van der Waals surface area (Å²) in [7, 11) is 0. The van der Waals surface area contributed by atoms with E-state index >= 15 is 0 Å². The molecule has 2 N–H and O–H groups in total. The Morgan fingerprint density at radius 2 is 2.12 bits per heavy atom. The Morgan fingerprint density at radius 3 is 2.84 bits per heavy atom. The van der Waals surface area contributed by atoms with Crippen molar-refractivity contribution in [2.75, 3.05) is 18.0 Å². The van der Waals surface area contributed by atoms with Crippen molar-refractivity contribution in [3.63, 3.8) is 0 Å². The molecule has 7 heteroatoms. The van der Waals surface area contributed by atoms with Crippen LogP contribution in [0.4, 0.5) is 10.5 Å². The molecule has 4 rings (SSSR count). The van der Waals surface area contributed by atoms with Crippen molar-refractivity contribution in [2.45, 2.75) is 32.3 Å². The van der Waals surface area contributed by atoms with E-state index in [-0.39, 0.29) is 18.1 Å². The predicted molar refractivity (Wildman–Crippen MR) is 91.7 cm³/mol. The van der Waals surface area contributed by atoms with Crippen LogP contribution in [0.25, 0.3) is 0 Å². The molecule has 1 aliphatic heterocycles. The number of anilines is 1. The van der Waals surface area contributed by atoms with Gasteiger partial charge in [0.25, 0.3) is 0 Å². The normalized spacial score (nSPS) is 19.5. The summed E-state index contributed by atoms with van der Waals surface area (Å²) in [5, 5.41) is 2.76. The van der Waals surface area contributed by atoms with Crippen molar-refractivity contribution < 1.29 is 14.3 Å². The van der Waals surface area contributed by atoms with Crippen LogP contribution in [0, 0.1) is 6.92 Å². The number of benzene rings is 1. The molecule has 25 heavy (non-hydrogen) atoms. The maximum Gasteiger partial charge on any atom is 0.338 e. The van der Waals surface area contributed by atoms with E-state index in [1.54, 1.807) is 29.2 Å². The van der Waals surface area contributed by atoms with E-state index in [9.17, 15) is 9.59 Å². The van der Waals surface area contributed by atoms with Crippen molar-refractivity contribution >= 4 is 17.7 Å². The Kier molecular flexibility index (Phi) is 3.91. The van der Waals surface area contributed by atoms with Crippen LogP contribution in [-0.2, 0) is 17.6 Å². The minimum absolute atomic E-state index is 0.108. The average Bonchev–Trinajstić information content (AvgIpc) is 3.19. The zero-order chi connectivity index (χ0) is 17.4. The van der Waals surface area contributed by atoms with Crippen molar-refractivity contribution in [1.29, 1.82) is 0 Å². The fourth-order valence-corrected chi connectivity index (χ4v) is 3.41. The predicted octanol–water partition coefficient (Wildman–Crippen LogP) is 1.96. The molecule has 7 nitrogen and oxygen atoms in total. The van der Waals surface area contributed by atoms with Crippen LogP contribution in [-0.4, -0.2) is 41.2 Å². The van der Waals surface area contributed by atoms with Crippen molar-refractivity contribution in [3.05, 3.63) is 47.0 Å². The molecule has 1 saturated heterocycles. The Hall–Kier alpha value is -2.83. The molecule has 2 aromatic rings. The van der Waals surface area contributed by atoms with Crippen molar-refractivity contribution in [3.8, 4) is 0 Å². The summed E-state index contributed by atoms with van der Waals surface area (Å²) in [6, 6.07) is 6.86. The van der Waals surface area contributed by atoms with E-state index in [1.165, 1.54) is 0 Å². The number of imidazole rings is 1. The number of rotatable bonds is 3. The van der Waals surface area contributed by atoms with Gasteiger partial charge in [0.1, 0.15) is 11.9 Å². The zero-order valence-electron chi connectivity index (χ0n) is 14.0. The third kappa shape index (κ3) is 3.09. The van der Waals surface area contributed by atoms with E-state index in [1.807, 2.05) is 6.92 Å². The summed E-state index contributed by atoms with van der Waals surface area (Å²) in [6.45, 7) is 3.21. The number of H-pyrrole nitrogens is 1. The highest BCUT2D eigenvalue weighted by atomic mass is 16.5. The molecule has 130 valence electrons. The zero-order valence-corrected chi connectivity index (χ0v) is 14.0. The largest absolute Gasteiger partial charge is 0.458 e. The molecule has 1 unspecified atom stereocenters. The number of ether oxygens (including phenoxy) is 1. The number of hydrogen-bond acceptors (Lipinski definition) is 4. The van der Waals surface area contributed by atoms with Crippen LogP contribution >= 0.6 is 0 Å². The number of carbonyl (C=O) groups excluding carboxylic acids is 2. The number of carbonyl (C=O) groups is 2. The minimum Gasteiger partial charge on any atom is -0.458 e. The standard InChI is InChI=1S/C18H20N4O3/c1-11-20-15-7-6-14(10-16(15)21-11)25-17(23)12-2-4-13(5-3-12)22-9-8-19-18(22)24/h2-5,14H,6-10H2,1H3,(H,19,24)(H,20,21). The lowest BCUT2D eigenvalue weighted by Gasteiger charge is -2.21. The van der Waals surface area contributed by atoms with Gasteiger partial charge in [-0.25, -0.2) is 14.6 Å². The maximum absolute atomic E-state index is 12.4. The highest BCUT2D eigenvalue weighted by Gasteiger charge is 2.25. The van der Waals surface area contributed by atoms with Gasteiger partial charge in [-0.15, -0.1) is 0 Å². The molecule has 0 saturated carbocycles. The SMILES string of the molecule is Cc1nc2c([nH]1)CC(OC(=O)c1ccc(N3CCNC3=O)cc1)CC2. The second-order valence-electron chi connectivity index (χ2n) is 6.45. The number of nitrogens with one attached hydrogen (secondary N) is 2. The molecule has 2 heterocycles. The fraction of sp³-hybridized carbons (Fsp3) is 0.389. The number of aromatic amines is 1. The van der Waals surface area contributed by atoms with Crippen LogP contribution in [0.2, 0.25) is 0 Å². The third-order valence-electron chi connectivity index (χ3n) is 4.66. The highest BCUT2D eigenvalue weighted by molar-refractivity contribution is 5.95. The number of esters is 1. The van der Waals surface area contributed by atoms with Crippen LogP contribution in [0.15, 0.2) is 24.3 Å². The number of nitrogens with zero attached hydrogens (tertiary/aromatic N) is 2. The van der Waals surface area contributed by atoms with Gasteiger partial charge in [-0.2, -0.15) is 0 Å². The summed E-state index contributed by atoms with van der Waals surface area (Å²) in [4.78, 5) is 33.4. The molecule has 2 amide bonds. The van der Waals surface area contributed by atoms with Crippen molar-refractivity contribution in [2.24, 2.45) is 0 Å². The summed E-state index contributed by atoms with van der Waals surface area (Å²) in [5.41, 5.74) is 3.42. The van der Waals surface area contributed by atoms with E-state index < -0.39 is 0 Å². The van der Waals surface area contributed by atoms with Gasteiger partial charge in [-0.1, -0.05) is 0 Å². The van der Waals surface area contributed by atoms with E-state index in [4.69, 9.17) is 4.74 Å². The van der Waals surface area contributed by atoms with Gasteiger partial charge in [0, 0.05) is 30.9 Å². The van der Waals surface area contributed by atoms with E-state index in [0.29, 0.717) is 25.1 Å². The molecule has 0 spiro atoms. The molecular formula is C18H20N4O3. The molecule has 1 aliphatic carbocycles. The van der Waals surface area contributed by atoms with Crippen LogP contribution in [0.3, 0.4) is 0 Å². The lowest BCUT2D eigenvalue weighted by Crippen LogP contribution is -2.27. The highest BCUT2D eigenvalue weighted by Crippen LogP contribution is 2.23. The third-order valence-corrected chi connectivity index (χ3v) is 4.66. The van der Waals surface area contributed by atoms with Gasteiger partial charge in [0.05, 0.1) is 11.3 Å². The van der Waals surface area contributed by atoms with Crippen LogP contribution in [0.5, 0.6) is 0 Å². The van der Waals surface area contributed by atoms with Crippen LogP contribution < -0.4 is 10.2 Å². The Morgan fingerprint density at radius 1 is 1.32 bits per heavy atom. The monoisotopic (exact) mass is 340 g/mol. The van der Waals surface area contributed by atoms with Crippen molar-refractivity contribution in [1.82, 2.24) is 15.3 Å². The first kappa shape index (κ1) is 15.7. The van der Waals surface area contributed by atoms with Gasteiger partial charge in [0.2, 0.25) is 0 Å². The first-order chi connectivity index (χ1) is 12.1. The number of aromatic nitrogens is 2. The lowest BCUT2D eigenvalue weighted by molar-refractivity contribution is 0.0268. The number of fused-ring (bicyclic) bond motifs is 1. The van der Waals surface area contributed by atoms with Gasteiger partial charge < -0.3 is 15.0 Å². The molecule has 0 bridgehead atoms. The van der Waals surface area contributed by atoms with Gasteiger partial charge in [0.15, 0.2) is 0 Å². The Labute approximate surface area is 145 Å². The first-order valence-corrected chi connectivity index (χ1v) is 8.51.